The second kappa shape index (κ2) is 19.5. The molecule has 0 bridgehead atoms. The predicted molar refractivity (Wildman–Crippen MR) is 141 cm³/mol. The molecule has 2 rings (SSSR count). The van der Waals surface area contributed by atoms with Crippen molar-refractivity contribution < 1.29 is 38.4 Å². The van der Waals surface area contributed by atoms with Crippen molar-refractivity contribution in [1.82, 2.24) is 15.5 Å². The smallest absolute Gasteiger partial charge is 0.318 e. The van der Waals surface area contributed by atoms with Gasteiger partial charge in [-0.2, -0.15) is 11.8 Å². The lowest BCUT2D eigenvalue weighted by atomic mass is 10.0. The summed E-state index contributed by atoms with van der Waals surface area (Å²) in [6.45, 7) is 6.62. The summed E-state index contributed by atoms with van der Waals surface area (Å²) in [7, 11) is 0. The van der Waals surface area contributed by atoms with Gasteiger partial charge < -0.3 is 39.6 Å². The number of aliphatic carboxylic acids is 1. The van der Waals surface area contributed by atoms with Crippen LogP contribution in [0.1, 0.15) is 51.9 Å². The van der Waals surface area contributed by atoms with Crippen LogP contribution in [0.2, 0.25) is 0 Å². The van der Waals surface area contributed by atoms with Gasteiger partial charge in [0.1, 0.15) is 0 Å². The maximum absolute atomic E-state index is 12.3. The van der Waals surface area contributed by atoms with E-state index in [1.165, 1.54) is 0 Å². The normalized spacial score (nSPS) is 20.7. The van der Waals surface area contributed by atoms with E-state index in [1.54, 1.807) is 0 Å². The van der Waals surface area contributed by atoms with Gasteiger partial charge in [0.2, 0.25) is 5.91 Å². The van der Waals surface area contributed by atoms with Gasteiger partial charge in [0, 0.05) is 30.5 Å². The van der Waals surface area contributed by atoms with E-state index in [0.717, 1.165) is 44.4 Å². The number of unbranched alkanes of at least 4 members (excludes halogenated alkanes) is 2. The number of thioether (sulfide) groups is 1. The molecule has 2 saturated heterocycles. The van der Waals surface area contributed by atoms with Crippen LogP contribution in [-0.4, -0.2) is 117 Å². The summed E-state index contributed by atoms with van der Waals surface area (Å²) in [4.78, 5) is 36.7. The quantitative estimate of drug-likeness (QED) is 0.129. The third-order valence-corrected chi connectivity index (χ3v) is 7.75. The molecule has 0 aliphatic carbocycles. The molecule has 11 nitrogen and oxygen atoms in total. The van der Waals surface area contributed by atoms with Crippen molar-refractivity contribution in [2.45, 2.75) is 69.2 Å². The lowest BCUT2D eigenvalue weighted by molar-refractivity contribution is -0.138. The zero-order valence-electron chi connectivity index (χ0n) is 22.1. The molecule has 1 unspecified atom stereocenters. The summed E-state index contributed by atoms with van der Waals surface area (Å²) in [6.07, 6.45) is 5.49. The Hall–Kier alpha value is -1.60. The van der Waals surface area contributed by atoms with Crippen LogP contribution in [0.15, 0.2) is 0 Å². The summed E-state index contributed by atoms with van der Waals surface area (Å²) in [6, 6.07) is 0.650. The first-order valence-corrected chi connectivity index (χ1v) is 14.6. The Bertz CT molecular complexity index is 672. The van der Waals surface area contributed by atoms with Gasteiger partial charge >= 0.3 is 12.0 Å². The summed E-state index contributed by atoms with van der Waals surface area (Å²) in [5.41, 5.74) is 0. The highest BCUT2D eigenvalue weighted by atomic mass is 32.2. The van der Waals surface area contributed by atoms with Crippen molar-refractivity contribution in [3.63, 3.8) is 0 Å². The van der Waals surface area contributed by atoms with Gasteiger partial charge in [0.15, 0.2) is 0 Å². The van der Waals surface area contributed by atoms with Crippen molar-refractivity contribution in [3.8, 4) is 0 Å². The van der Waals surface area contributed by atoms with E-state index in [4.69, 9.17) is 24.1 Å². The monoisotopic (exact) mass is 547 g/mol. The average Bonchev–Trinajstić information content (AvgIpc) is 3.40. The molecular weight excluding hydrogens is 502 g/mol. The minimum Gasteiger partial charge on any atom is -0.481 e. The second-order valence-electron chi connectivity index (χ2n) is 9.15. The molecule has 2 aliphatic rings. The molecular formula is C25H45N3O8S. The number of nitrogens with zero attached hydrogens (tertiary/aromatic N) is 1. The number of rotatable bonds is 23. The first-order valence-electron chi connectivity index (χ1n) is 13.5. The van der Waals surface area contributed by atoms with E-state index in [-0.39, 0.29) is 31.0 Å². The van der Waals surface area contributed by atoms with Gasteiger partial charge in [0.05, 0.1) is 71.4 Å². The highest BCUT2D eigenvalue weighted by molar-refractivity contribution is 8.00. The lowest BCUT2D eigenvalue weighted by Gasteiger charge is -2.27. The number of nitrogens with one attached hydrogen (secondary N) is 2. The zero-order chi connectivity index (χ0) is 26.7. The molecule has 0 aromatic rings. The van der Waals surface area contributed by atoms with Crippen LogP contribution in [0.3, 0.4) is 0 Å². The molecule has 3 atom stereocenters. The van der Waals surface area contributed by atoms with Crippen molar-refractivity contribution in [3.05, 3.63) is 0 Å². The van der Waals surface area contributed by atoms with Crippen LogP contribution in [0.4, 0.5) is 4.79 Å². The van der Waals surface area contributed by atoms with E-state index >= 15 is 0 Å². The second-order valence-corrected chi connectivity index (χ2v) is 10.4. The molecule has 2 aliphatic heterocycles. The maximum Gasteiger partial charge on any atom is 0.318 e. The number of hydrogen-bond acceptors (Lipinski definition) is 8. The van der Waals surface area contributed by atoms with Gasteiger partial charge in [-0.25, -0.2) is 4.79 Å². The van der Waals surface area contributed by atoms with Gasteiger partial charge in [-0.3, -0.25) is 9.59 Å². The van der Waals surface area contributed by atoms with E-state index in [1.807, 2.05) is 16.7 Å². The number of carbonyl (C=O) groups is 3. The van der Waals surface area contributed by atoms with Crippen molar-refractivity contribution in [1.29, 1.82) is 0 Å². The molecule has 0 radical (unpaired) electrons. The molecule has 2 fully saturated rings. The van der Waals surface area contributed by atoms with Crippen LogP contribution in [-0.2, 0) is 28.5 Å². The zero-order valence-corrected chi connectivity index (χ0v) is 22.9. The Balaban J connectivity index is 1.36. The minimum absolute atomic E-state index is 0.00537. The molecule has 37 heavy (non-hydrogen) atoms. The van der Waals surface area contributed by atoms with Crippen LogP contribution >= 0.6 is 11.8 Å². The lowest BCUT2D eigenvalue weighted by Crippen LogP contribution is -2.41. The summed E-state index contributed by atoms with van der Waals surface area (Å²) >= 11 is 1.95. The highest BCUT2D eigenvalue weighted by Gasteiger charge is 2.47. The summed E-state index contributed by atoms with van der Waals surface area (Å²) in [5, 5.41) is 15.0. The number of fused-ring (bicyclic) bond motifs is 1. The number of hydrogen-bond donors (Lipinski definition) is 3. The van der Waals surface area contributed by atoms with Crippen LogP contribution in [0, 0.1) is 0 Å². The molecule has 0 aromatic carbocycles. The molecule has 2 heterocycles. The van der Waals surface area contributed by atoms with Crippen molar-refractivity contribution in [2.24, 2.45) is 0 Å². The molecule has 0 spiro atoms. The fourth-order valence-electron chi connectivity index (χ4n) is 4.34. The number of urea groups is 1. The minimum atomic E-state index is -0.876. The first kappa shape index (κ1) is 31.6. The van der Waals surface area contributed by atoms with Gasteiger partial charge in [-0.15, -0.1) is 0 Å². The largest absolute Gasteiger partial charge is 0.481 e. The Morgan fingerprint density at radius 1 is 0.973 bits per heavy atom. The number of amides is 3. The van der Waals surface area contributed by atoms with Crippen LogP contribution in [0.5, 0.6) is 0 Å². The summed E-state index contributed by atoms with van der Waals surface area (Å²) < 4.78 is 21.3. The fraction of sp³-hybridized carbons (Fsp3) is 0.880. The molecule has 3 amide bonds. The molecule has 12 heteroatoms. The van der Waals surface area contributed by atoms with Gasteiger partial charge in [0.25, 0.3) is 0 Å². The summed E-state index contributed by atoms with van der Waals surface area (Å²) in [5.74, 6) is 0.150. The van der Waals surface area contributed by atoms with E-state index in [0.29, 0.717) is 70.5 Å². The molecule has 0 aromatic heterocycles. The van der Waals surface area contributed by atoms with E-state index in [2.05, 4.69) is 17.6 Å². The van der Waals surface area contributed by atoms with Crippen molar-refractivity contribution in [2.75, 3.05) is 71.7 Å². The average molecular weight is 548 g/mol. The predicted octanol–water partition coefficient (Wildman–Crippen LogP) is 1.88. The van der Waals surface area contributed by atoms with Gasteiger partial charge in [-0.05, 0) is 19.3 Å². The van der Waals surface area contributed by atoms with Crippen molar-refractivity contribution >= 4 is 29.7 Å². The Morgan fingerprint density at radius 2 is 1.62 bits per heavy atom. The first-order chi connectivity index (χ1) is 18.0. The molecule has 0 saturated carbocycles. The Morgan fingerprint density at radius 3 is 2.27 bits per heavy atom. The SMILES string of the molecule is CCCCN1C(=O)NC2CS[C@@H](CCCCC(=O)NCCOCCOCCOCCOCCC(=O)O)[C@H]21. The highest BCUT2D eigenvalue weighted by Crippen LogP contribution is 2.37. The standard InChI is InChI=1S/C25H45N3O8S/c1-2-3-10-28-24-20(27-25(28)32)19-37-21(24)6-4-5-7-22(29)26-9-12-34-14-16-36-18-17-35-15-13-33-11-8-23(30)31/h20-21,24H,2-19H2,1H3,(H,26,29)(H,27,32)(H,30,31)/t20?,21-,24-/m0/s1. The molecule has 214 valence electrons. The van der Waals surface area contributed by atoms with E-state index in [9.17, 15) is 14.4 Å². The number of carbonyl (C=O) groups excluding carboxylic acids is 2. The van der Waals surface area contributed by atoms with Gasteiger partial charge in [-0.1, -0.05) is 19.8 Å². The maximum atomic E-state index is 12.3. The van der Waals surface area contributed by atoms with Crippen LogP contribution < -0.4 is 10.6 Å². The van der Waals surface area contributed by atoms with E-state index < -0.39 is 5.97 Å². The molecule has 3 N–H and O–H groups in total. The van der Waals surface area contributed by atoms with Crippen LogP contribution in [0.25, 0.3) is 0 Å². The fourth-order valence-corrected chi connectivity index (χ4v) is 5.94. The number of ether oxygens (including phenoxy) is 4. The number of carboxylic acids is 1. The third-order valence-electron chi connectivity index (χ3n) is 6.25. The number of carboxylic acid groups (broad SMARTS) is 1. The third kappa shape index (κ3) is 13.2. The Labute approximate surface area is 224 Å². The topological polar surface area (TPSA) is 136 Å². The Kier molecular flexibility index (Phi) is 16.6.